The third-order valence-electron chi connectivity index (χ3n) is 2.56. The highest BCUT2D eigenvalue weighted by Crippen LogP contribution is 2.12. The first-order valence-corrected chi connectivity index (χ1v) is 5.83. The molecule has 1 aromatic carbocycles. The summed E-state index contributed by atoms with van der Waals surface area (Å²) in [5, 5.41) is 2.83. The molecular weight excluding hydrogens is 226 g/mol. The number of carbonyl (C=O) groups excluding carboxylic acids is 1. The summed E-state index contributed by atoms with van der Waals surface area (Å²) in [6.45, 7) is 1.88. The molecule has 1 atom stereocenters. The van der Waals surface area contributed by atoms with Crippen molar-refractivity contribution in [1.82, 2.24) is 5.32 Å². The smallest absolute Gasteiger partial charge is 0.244 e. The van der Waals surface area contributed by atoms with Crippen LogP contribution in [0.4, 0.5) is 0 Å². The minimum Gasteiger partial charge on any atom is -0.467 e. The average molecular weight is 241 g/mol. The topological polar surface area (TPSA) is 42.2 Å². The van der Waals surface area contributed by atoms with Crippen molar-refractivity contribution in [3.63, 3.8) is 0 Å². The van der Waals surface area contributed by atoms with Crippen molar-refractivity contribution in [2.24, 2.45) is 0 Å². The predicted octanol–water partition coefficient (Wildman–Crippen LogP) is 3.17. The zero-order valence-electron chi connectivity index (χ0n) is 10.2. The normalized spacial score (nSPS) is 12.5. The second-order valence-electron chi connectivity index (χ2n) is 3.99. The minimum atomic E-state index is -0.136. The van der Waals surface area contributed by atoms with E-state index in [-0.39, 0.29) is 11.9 Å². The average Bonchev–Trinajstić information content (AvgIpc) is 2.91. The number of hydrogen-bond donors (Lipinski definition) is 1. The van der Waals surface area contributed by atoms with Gasteiger partial charge in [-0.2, -0.15) is 0 Å². The van der Waals surface area contributed by atoms with Crippen LogP contribution in [0.5, 0.6) is 0 Å². The van der Waals surface area contributed by atoms with Gasteiger partial charge in [-0.1, -0.05) is 30.3 Å². The summed E-state index contributed by atoms with van der Waals surface area (Å²) in [5.41, 5.74) is 0.998. The molecule has 3 heteroatoms. The molecule has 0 fully saturated rings. The molecule has 3 nitrogen and oxygen atoms in total. The van der Waals surface area contributed by atoms with E-state index in [0.717, 1.165) is 11.3 Å². The molecule has 0 aliphatic carbocycles. The number of carbonyl (C=O) groups is 1. The molecular formula is C15H15NO2. The second kappa shape index (κ2) is 5.87. The fraction of sp³-hybridized carbons (Fsp3) is 0.133. The fourth-order valence-corrected chi connectivity index (χ4v) is 1.61. The molecule has 0 spiro atoms. The number of rotatable bonds is 4. The van der Waals surface area contributed by atoms with E-state index in [0.29, 0.717) is 0 Å². The Labute approximate surface area is 106 Å². The molecule has 1 amide bonds. The maximum absolute atomic E-state index is 11.7. The van der Waals surface area contributed by atoms with Crippen molar-refractivity contribution >= 4 is 12.0 Å². The molecule has 0 bridgehead atoms. The first-order valence-electron chi connectivity index (χ1n) is 5.83. The van der Waals surface area contributed by atoms with Gasteiger partial charge >= 0.3 is 0 Å². The Balaban J connectivity index is 1.91. The van der Waals surface area contributed by atoms with E-state index in [1.54, 1.807) is 18.4 Å². The maximum Gasteiger partial charge on any atom is 0.244 e. The van der Waals surface area contributed by atoms with Gasteiger partial charge in [-0.05, 0) is 30.7 Å². The molecule has 1 N–H and O–H groups in total. The molecule has 92 valence electrons. The first-order chi connectivity index (χ1) is 8.75. The Hall–Kier alpha value is -2.29. The van der Waals surface area contributed by atoms with Crippen molar-refractivity contribution in [3.05, 3.63) is 66.1 Å². The summed E-state index contributed by atoms with van der Waals surface area (Å²) < 4.78 is 5.22. The van der Waals surface area contributed by atoms with Crippen LogP contribution >= 0.6 is 0 Å². The van der Waals surface area contributed by atoms with Gasteiger partial charge in [0.05, 0.1) is 12.3 Å². The Morgan fingerprint density at radius 1 is 1.22 bits per heavy atom. The van der Waals surface area contributed by atoms with Crippen LogP contribution in [0, 0.1) is 0 Å². The third-order valence-corrected chi connectivity index (χ3v) is 2.56. The number of furan rings is 1. The van der Waals surface area contributed by atoms with Crippen molar-refractivity contribution in [2.75, 3.05) is 0 Å². The minimum absolute atomic E-state index is 0.132. The molecule has 18 heavy (non-hydrogen) atoms. The van der Waals surface area contributed by atoms with Crippen LogP contribution < -0.4 is 5.32 Å². The van der Waals surface area contributed by atoms with Gasteiger partial charge in [0, 0.05) is 6.08 Å². The summed E-state index contributed by atoms with van der Waals surface area (Å²) in [7, 11) is 0. The largest absolute Gasteiger partial charge is 0.467 e. The maximum atomic E-state index is 11.7. The predicted molar refractivity (Wildman–Crippen MR) is 70.7 cm³/mol. The lowest BCUT2D eigenvalue weighted by Crippen LogP contribution is -2.24. The van der Waals surface area contributed by atoms with Gasteiger partial charge in [-0.25, -0.2) is 0 Å². The van der Waals surface area contributed by atoms with Crippen molar-refractivity contribution < 1.29 is 9.21 Å². The number of hydrogen-bond acceptors (Lipinski definition) is 2. The Bertz CT molecular complexity index is 515. The summed E-state index contributed by atoms with van der Waals surface area (Å²) >= 11 is 0. The van der Waals surface area contributed by atoms with Crippen LogP contribution in [0.15, 0.2) is 59.2 Å². The zero-order chi connectivity index (χ0) is 12.8. The fourth-order valence-electron chi connectivity index (χ4n) is 1.61. The van der Waals surface area contributed by atoms with Gasteiger partial charge in [-0.15, -0.1) is 0 Å². The lowest BCUT2D eigenvalue weighted by molar-refractivity contribution is -0.117. The van der Waals surface area contributed by atoms with Gasteiger partial charge in [0.15, 0.2) is 0 Å². The second-order valence-corrected chi connectivity index (χ2v) is 3.99. The van der Waals surface area contributed by atoms with Crippen LogP contribution in [0.25, 0.3) is 6.08 Å². The van der Waals surface area contributed by atoms with Crippen molar-refractivity contribution in [2.45, 2.75) is 13.0 Å². The molecule has 1 aromatic heterocycles. The number of amides is 1. The SMILES string of the molecule is C[C@@H](NC(=O)/C=C/c1ccccc1)c1ccco1. The standard InChI is InChI=1S/C15H15NO2/c1-12(14-8-5-11-18-14)16-15(17)10-9-13-6-3-2-4-7-13/h2-12H,1H3,(H,16,17)/b10-9+/t12-/m1/s1. The zero-order valence-corrected chi connectivity index (χ0v) is 10.2. The lowest BCUT2D eigenvalue weighted by Gasteiger charge is -2.08. The van der Waals surface area contributed by atoms with E-state index in [4.69, 9.17) is 4.42 Å². The van der Waals surface area contributed by atoms with Gasteiger partial charge in [0.25, 0.3) is 0 Å². The molecule has 1 heterocycles. The van der Waals surface area contributed by atoms with E-state index in [1.807, 2.05) is 43.3 Å². The van der Waals surface area contributed by atoms with Gasteiger partial charge in [0.2, 0.25) is 5.91 Å². The molecule has 0 saturated carbocycles. The van der Waals surface area contributed by atoms with Gasteiger partial charge in [0.1, 0.15) is 5.76 Å². The van der Waals surface area contributed by atoms with Gasteiger partial charge < -0.3 is 9.73 Å². The quantitative estimate of drug-likeness (QED) is 0.835. The molecule has 0 unspecified atom stereocenters. The van der Waals surface area contributed by atoms with E-state index in [1.165, 1.54) is 6.08 Å². The summed E-state index contributed by atoms with van der Waals surface area (Å²) in [6, 6.07) is 13.2. The lowest BCUT2D eigenvalue weighted by atomic mass is 10.2. The summed E-state index contributed by atoms with van der Waals surface area (Å²) in [4.78, 5) is 11.7. The molecule has 2 aromatic rings. The summed E-state index contributed by atoms with van der Waals surface area (Å²) in [6.07, 6.45) is 4.90. The van der Waals surface area contributed by atoms with Crippen LogP contribution in [0.2, 0.25) is 0 Å². The van der Waals surface area contributed by atoms with E-state index >= 15 is 0 Å². The molecule has 0 radical (unpaired) electrons. The Morgan fingerprint density at radius 2 is 2.00 bits per heavy atom. The number of benzene rings is 1. The highest BCUT2D eigenvalue weighted by molar-refractivity contribution is 5.91. The molecule has 0 saturated heterocycles. The van der Waals surface area contributed by atoms with E-state index in [2.05, 4.69) is 5.32 Å². The Morgan fingerprint density at radius 3 is 2.67 bits per heavy atom. The highest BCUT2D eigenvalue weighted by Gasteiger charge is 2.09. The summed E-state index contributed by atoms with van der Waals surface area (Å²) in [5.74, 6) is 0.610. The van der Waals surface area contributed by atoms with E-state index < -0.39 is 0 Å². The molecule has 0 aliphatic rings. The van der Waals surface area contributed by atoms with E-state index in [9.17, 15) is 4.79 Å². The molecule has 0 aliphatic heterocycles. The van der Waals surface area contributed by atoms with Crippen LogP contribution in [0.1, 0.15) is 24.3 Å². The van der Waals surface area contributed by atoms with Crippen LogP contribution in [0.3, 0.4) is 0 Å². The highest BCUT2D eigenvalue weighted by atomic mass is 16.3. The van der Waals surface area contributed by atoms with Crippen molar-refractivity contribution in [3.8, 4) is 0 Å². The first kappa shape index (κ1) is 12.2. The monoisotopic (exact) mass is 241 g/mol. The van der Waals surface area contributed by atoms with Crippen LogP contribution in [-0.2, 0) is 4.79 Å². The Kier molecular flexibility index (Phi) is 3.97. The number of nitrogens with one attached hydrogen (secondary N) is 1. The third kappa shape index (κ3) is 3.35. The van der Waals surface area contributed by atoms with Crippen molar-refractivity contribution in [1.29, 1.82) is 0 Å². The van der Waals surface area contributed by atoms with Crippen LogP contribution in [-0.4, -0.2) is 5.91 Å². The molecule has 2 rings (SSSR count). The van der Waals surface area contributed by atoms with Gasteiger partial charge in [-0.3, -0.25) is 4.79 Å².